The van der Waals surface area contributed by atoms with Gasteiger partial charge < -0.3 is 0 Å². The van der Waals surface area contributed by atoms with Crippen LogP contribution in [0, 0.1) is 6.92 Å². The quantitative estimate of drug-likeness (QED) is 0.369. The van der Waals surface area contributed by atoms with Crippen LogP contribution in [0.3, 0.4) is 0 Å². The van der Waals surface area contributed by atoms with Crippen molar-refractivity contribution >= 4 is 22.5 Å². The number of hydrogen-bond donors (Lipinski definition) is 0. The molecule has 0 unspecified atom stereocenters. The van der Waals surface area contributed by atoms with E-state index in [1.807, 2.05) is 65.5 Å². The van der Waals surface area contributed by atoms with Gasteiger partial charge in [-0.25, -0.2) is 4.68 Å². The highest BCUT2D eigenvalue weighted by Gasteiger charge is 2.17. The predicted molar refractivity (Wildman–Crippen MR) is 117 cm³/mol. The average Bonchev–Trinajstić information content (AvgIpc) is 3.20. The van der Waals surface area contributed by atoms with Gasteiger partial charge in [-0.3, -0.25) is 0 Å². The van der Waals surface area contributed by atoms with E-state index < -0.39 is 0 Å². The molecular weight excluding hydrogens is 380 g/mol. The number of aryl methyl sites for hydroxylation is 1. The molecule has 2 aromatic heterocycles. The van der Waals surface area contributed by atoms with Crippen molar-refractivity contribution in [3.8, 4) is 28.2 Å². The minimum absolute atomic E-state index is 0.694. The van der Waals surface area contributed by atoms with Gasteiger partial charge >= 0.3 is 0 Å². The molecule has 5 aromatic rings. The summed E-state index contributed by atoms with van der Waals surface area (Å²) < 4.78 is 1.86. The Bertz CT molecular complexity index is 1290. The lowest BCUT2D eigenvalue weighted by Gasteiger charge is -2.05. The topological polar surface area (TPSA) is 43.6 Å². The zero-order chi connectivity index (χ0) is 19.8. The minimum Gasteiger partial charge on any atom is -0.240 e. The van der Waals surface area contributed by atoms with Crippen LogP contribution >= 0.6 is 11.6 Å². The van der Waals surface area contributed by atoms with Crippen molar-refractivity contribution < 1.29 is 0 Å². The fourth-order valence-electron chi connectivity index (χ4n) is 3.36. The van der Waals surface area contributed by atoms with Gasteiger partial charge in [-0.1, -0.05) is 71.8 Å². The Morgan fingerprint density at radius 1 is 0.724 bits per heavy atom. The van der Waals surface area contributed by atoms with Gasteiger partial charge in [0, 0.05) is 22.3 Å². The molecule has 0 spiro atoms. The molecule has 5 rings (SSSR count). The molecule has 0 aliphatic heterocycles. The number of halogens is 1. The van der Waals surface area contributed by atoms with E-state index in [0.29, 0.717) is 5.02 Å². The summed E-state index contributed by atoms with van der Waals surface area (Å²) in [5.41, 5.74) is 6.54. The second-order valence-electron chi connectivity index (χ2n) is 6.94. The van der Waals surface area contributed by atoms with Crippen LogP contribution in [0.25, 0.3) is 39.1 Å². The highest BCUT2D eigenvalue weighted by atomic mass is 35.5. The molecule has 140 valence electrons. The van der Waals surface area contributed by atoms with Crippen molar-refractivity contribution in [1.82, 2.24) is 20.0 Å². The lowest BCUT2D eigenvalue weighted by atomic mass is 10.0. The van der Waals surface area contributed by atoms with Crippen LogP contribution in [0.5, 0.6) is 0 Å². The van der Waals surface area contributed by atoms with Crippen LogP contribution in [0.1, 0.15) is 5.56 Å². The molecule has 0 bridgehead atoms. The van der Waals surface area contributed by atoms with Crippen molar-refractivity contribution in [2.24, 2.45) is 0 Å². The van der Waals surface area contributed by atoms with Gasteiger partial charge in [0.1, 0.15) is 16.9 Å². The maximum absolute atomic E-state index is 6.05. The first-order valence-corrected chi connectivity index (χ1v) is 9.71. The Hall–Kier alpha value is -3.50. The van der Waals surface area contributed by atoms with Crippen LogP contribution in [0.4, 0.5) is 0 Å². The lowest BCUT2D eigenvalue weighted by Crippen LogP contribution is -1.95. The van der Waals surface area contributed by atoms with Gasteiger partial charge in [-0.2, -0.15) is 5.10 Å². The smallest absolute Gasteiger partial charge is 0.123 e. The Morgan fingerprint density at radius 2 is 1.38 bits per heavy atom. The molecule has 0 atom stereocenters. The van der Waals surface area contributed by atoms with Crippen LogP contribution in [0.2, 0.25) is 5.02 Å². The Kier molecular flexibility index (Phi) is 4.34. The third kappa shape index (κ3) is 3.28. The van der Waals surface area contributed by atoms with Gasteiger partial charge in [0.25, 0.3) is 0 Å². The van der Waals surface area contributed by atoms with E-state index in [4.69, 9.17) is 16.7 Å². The van der Waals surface area contributed by atoms with E-state index in [1.165, 1.54) is 5.56 Å². The molecule has 0 saturated heterocycles. The molecule has 0 fully saturated rings. The normalized spacial score (nSPS) is 11.1. The number of fused-ring (bicyclic) bond motifs is 1. The summed E-state index contributed by atoms with van der Waals surface area (Å²) in [6, 6.07) is 25.9. The first kappa shape index (κ1) is 17.6. The summed E-state index contributed by atoms with van der Waals surface area (Å²) in [5.74, 6) is 0. The summed E-state index contributed by atoms with van der Waals surface area (Å²) >= 11 is 6.05. The molecular formula is C24H17ClN4. The first-order chi connectivity index (χ1) is 14.2. The molecule has 0 amide bonds. The van der Waals surface area contributed by atoms with E-state index in [-0.39, 0.29) is 0 Å². The van der Waals surface area contributed by atoms with Crippen LogP contribution in [-0.2, 0) is 0 Å². The molecule has 0 radical (unpaired) electrons. The first-order valence-electron chi connectivity index (χ1n) is 9.33. The third-order valence-electron chi connectivity index (χ3n) is 4.91. The van der Waals surface area contributed by atoms with Crippen molar-refractivity contribution in [3.05, 3.63) is 95.6 Å². The van der Waals surface area contributed by atoms with E-state index in [0.717, 1.165) is 39.1 Å². The van der Waals surface area contributed by atoms with Gasteiger partial charge in [-0.15, -0.1) is 10.2 Å². The number of rotatable bonds is 3. The summed E-state index contributed by atoms with van der Waals surface area (Å²) in [4.78, 5) is 0. The van der Waals surface area contributed by atoms with E-state index in [2.05, 4.69) is 41.4 Å². The fourth-order valence-corrected chi connectivity index (χ4v) is 3.49. The highest BCUT2D eigenvalue weighted by molar-refractivity contribution is 6.30. The minimum atomic E-state index is 0.694. The molecule has 29 heavy (non-hydrogen) atoms. The van der Waals surface area contributed by atoms with Crippen molar-refractivity contribution in [2.75, 3.05) is 0 Å². The standard InChI is InChI=1S/C24H17ClN4/c1-16-7-9-18(10-8-16)22-21-15-29(20-13-11-19(25)12-14-20)28-24(21)23(27-26-22)17-5-3-2-4-6-17/h2-15H,1H3. The second kappa shape index (κ2) is 7.15. The molecule has 3 aromatic carbocycles. The SMILES string of the molecule is Cc1ccc(-c2nnc(-c3ccccc3)c3nn(-c4ccc(Cl)cc4)cc23)cc1. The molecule has 2 heterocycles. The number of benzene rings is 3. The van der Waals surface area contributed by atoms with Crippen LogP contribution in [-0.4, -0.2) is 20.0 Å². The predicted octanol–water partition coefficient (Wildman–Crippen LogP) is 6.11. The molecule has 0 aliphatic rings. The van der Waals surface area contributed by atoms with Crippen molar-refractivity contribution in [1.29, 1.82) is 0 Å². The van der Waals surface area contributed by atoms with E-state index in [1.54, 1.807) is 0 Å². The summed E-state index contributed by atoms with van der Waals surface area (Å²) in [6.07, 6.45) is 2.01. The molecule has 0 N–H and O–H groups in total. The van der Waals surface area contributed by atoms with Crippen LogP contribution < -0.4 is 0 Å². The van der Waals surface area contributed by atoms with Gasteiger partial charge in [-0.05, 0) is 31.2 Å². The zero-order valence-corrected chi connectivity index (χ0v) is 16.5. The van der Waals surface area contributed by atoms with Gasteiger partial charge in [0.2, 0.25) is 0 Å². The maximum Gasteiger partial charge on any atom is 0.123 e. The molecule has 4 nitrogen and oxygen atoms in total. The monoisotopic (exact) mass is 396 g/mol. The molecule has 0 aliphatic carbocycles. The maximum atomic E-state index is 6.05. The lowest BCUT2D eigenvalue weighted by molar-refractivity contribution is 0.895. The fraction of sp³-hybridized carbons (Fsp3) is 0.0417. The largest absolute Gasteiger partial charge is 0.240 e. The van der Waals surface area contributed by atoms with Crippen molar-refractivity contribution in [2.45, 2.75) is 6.92 Å². The molecule has 5 heteroatoms. The van der Waals surface area contributed by atoms with Gasteiger partial charge in [0.05, 0.1) is 11.1 Å². The molecule has 0 saturated carbocycles. The van der Waals surface area contributed by atoms with Gasteiger partial charge in [0.15, 0.2) is 0 Å². The van der Waals surface area contributed by atoms with Crippen molar-refractivity contribution in [3.63, 3.8) is 0 Å². The zero-order valence-electron chi connectivity index (χ0n) is 15.7. The summed E-state index contributed by atoms with van der Waals surface area (Å²) in [7, 11) is 0. The summed E-state index contributed by atoms with van der Waals surface area (Å²) in [6.45, 7) is 2.07. The Balaban J connectivity index is 1.76. The second-order valence-corrected chi connectivity index (χ2v) is 7.38. The third-order valence-corrected chi connectivity index (χ3v) is 5.16. The van der Waals surface area contributed by atoms with E-state index >= 15 is 0 Å². The Labute approximate surface area is 173 Å². The summed E-state index contributed by atoms with van der Waals surface area (Å²) in [5, 5.41) is 15.6. The number of nitrogens with zero attached hydrogens (tertiary/aromatic N) is 4. The highest BCUT2D eigenvalue weighted by Crippen LogP contribution is 2.32. The van der Waals surface area contributed by atoms with E-state index in [9.17, 15) is 0 Å². The van der Waals surface area contributed by atoms with Crippen LogP contribution in [0.15, 0.2) is 85.1 Å². The number of aromatic nitrogens is 4. The number of hydrogen-bond acceptors (Lipinski definition) is 3. The Morgan fingerprint density at radius 3 is 2.10 bits per heavy atom. The average molecular weight is 397 g/mol.